The summed E-state index contributed by atoms with van der Waals surface area (Å²) >= 11 is 11.8. The van der Waals surface area contributed by atoms with E-state index in [4.69, 9.17) is 28.9 Å². The first-order chi connectivity index (χ1) is 13.5. The summed E-state index contributed by atoms with van der Waals surface area (Å²) in [5, 5.41) is 3.30. The first-order valence-corrected chi connectivity index (χ1v) is 9.26. The molecule has 0 fully saturated rings. The molecule has 1 amide bonds. The Kier molecular flexibility index (Phi) is 6.89. The Morgan fingerprint density at radius 2 is 1.79 bits per heavy atom. The highest BCUT2D eigenvalue weighted by Crippen LogP contribution is 2.25. The third-order valence-electron chi connectivity index (χ3n) is 4.59. The minimum atomic E-state index is -0.845. The maximum atomic E-state index is 12.9. The Morgan fingerprint density at radius 1 is 1.17 bits per heavy atom. The highest BCUT2D eigenvalue weighted by molar-refractivity contribution is 6.42. The van der Waals surface area contributed by atoms with E-state index in [1.807, 2.05) is 0 Å². The minimum absolute atomic E-state index is 0.140. The van der Waals surface area contributed by atoms with Crippen LogP contribution in [-0.4, -0.2) is 45.4 Å². The number of nitrogens with two attached hydrogens (primary N) is 1. The molecule has 0 aliphatic heterocycles. The van der Waals surface area contributed by atoms with Gasteiger partial charge in [-0.05, 0) is 32.2 Å². The van der Waals surface area contributed by atoms with Crippen LogP contribution < -0.4 is 22.3 Å². The molecule has 156 valence electrons. The van der Waals surface area contributed by atoms with Gasteiger partial charge in [-0.25, -0.2) is 4.79 Å². The van der Waals surface area contributed by atoms with E-state index in [-0.39, 0.29) is 17.9 Å². The predicted octanol–water partition coefficient (Wildman–Crippen LogP) is 1.11. The highest BCUT2D eigenvalue weighted by atomic mass is 35.5. The van der Waals surface area contributed by atoms with Gasteiger partial charge in [0.1, 0.15) is 11.4 Å². The van der Waals surface area contributed by atoms with Crippen molar-refractivity contribution in [1.82, 2.24) is 14.0 Å². The standard InChI is InChI=1S/C18H21Cl2N5O4/c1-9(15(27)14-16(21)24(3)18(29)25(4)17(14)28)23(2)8-13(26)22-10-5-6-11(19)12(20)7-10/h5-7,9H,8,21H2,1-4H3,(H,22,26). The summed E-state index contributed by atoms with van der Waals surface area (Å²) in [5.41, 5.74) is 4.57. The lowest BCUT2D eigenvalue weighted by atomic mass is 10.1. The zero-order valence-electron chi connectivity index (χ0n) is 16.3. The average molecular weight is 442 g/mol. The summed E-state index contributed by atoms with van der Waals surface area (Å²) in [6, 6.07) is 3.80. The van der Waals surface area contributed by atoms with Crippen LogP contribution in [0.5, 0.6) is 0 Å². The molecule has 1 unspecified atom stereocenters. The zero-order valence-corrected chi connectivity index (χ0v) is 17.8. The molecule has 3 N–H and O–H groups in total. The van der Waals surface area contributed by atoms with Crippen LogP contribution in [0, 0.1) is 0 Å². The molecule has 1 aromatic carbocycles. The number of carbonyl (C=O) groups excluding carboxylic acids is 2. The second-order valence-corrected chi connectivity index (χ2v) is 7.41. The molecular weight excluding hydrogens is 421 g/mol. The fourth-order valence-electron chi connectivity index (χ4n) is 2.64. The summed E-state index contributed by atoms with van der Waals surface area (Å²) in [6.07, 6.45) is 0. The quantitative estimate of drug-likeness (QED) is 0.647. The number of aromatic nitrogens is 2. The average Bonchev–Trinajstić information content (AvgIpc) is 2.66. The van der Waals surface area contributed by atoms with E-state index in [0.29, 0.717) is 15.7 Å². The third-order valence-corrected chi connectivity index (χ3v) is 5.33. The summed E-state index contributed by atoms with van der Waals surface area (Å²) in [7, 11) is 4.19. The summed E-state index contributed by atoms with van der Waals surface area (Å²) < 4.78 is 1.84. The predicted molar refractivity (Wildman–Crippen MR) is 113 cm³/mol. The minimum Gasteiger partial charge on any atom is -0.384 e. The lowest BCUT2D eigenvalue weighted by molar-refractivity contribution is -0.117. The van der Waals surface area contributed by atoms with Gasteiger partial charge in [-0.2, -0.15) is 0 Å². The van der Waals surface area contributed by atoms with Gasteiger partial charge in [0.05, 0.1) is 22.6 Å². The second kappa shape index (κ2) is 8.81. The van der Waals surface area contributed by atoms with Crippen LogP contribution in [-0.2, 0) is 18.9 Å². The van der Waals surface area contributed by atoms with E-state index < -0.39 is 29.0 Å². The Hall–Kier alpha value is -2.62. The fourth-order valence-corrected chi connectivity index (χ4v) is 2.94. The number of hydrogen-bond donors (Lipinski definition) is 2. The van der Waals surface area contributed by atoms with Gasteiger partial charge in [0.2, 0.25) is 5.91 Å². The first kappa shape index (κ1) is 22.7. The summed E-state index contributed by atoms with van der Waals surface area (Å²) in [5.74, 6) is -1.21. The molecule has 2 aromatic rings. The smallest absolute Gasteiger partial charge is 0.332 e. The number of nitrogens with one attached hydrogen (secondary N) is 1. The van der Waals surface area contributed by atoms with Gasteiger partial charge in [-0.15, -0.1) is 0 Å². The Labute approximate surface area is 176 Å². The van der Waals surface area contributed by atoms with E-state index in [2.05, 4.69) is 5.32 Å². The van der Waals surface area contributed by atoms with Crippen LogP contribution in [0.2, 0.25) is 10.0 Å². The SMILES string of the molecule is CC(C(=O)c1c(N)n(C)c(=O)n(C)c1=O)N(C)CC(=O)Nc1ccc(Cl)c(Cl)c1. The number of rotatable bonds is 6. The topological polar surface area (TPSA) is 119 Å². The van der Waals surface area contributed by atoms with Crippen LogP contribution in [0.15, 0.2) is 27.8 Å². The molecule has 1 aromatic heterocycles. The van der Waals surface area contributed by atoms with Crippen LogP contribution >= 0.6 is 23.2 Å². The van der Waals surface area contributed by atoms with Crippen molar-refractivity contribution in [2.45, 2.75) is 13.0 Å². The van der Waals surface area contributed by atoms with Gasteiger partial charge in [0.15, 0.2) is 5.78 Å². The molecule has 0 spiro atoms. The Bertz CT molecular complexity index is 1090. The van der Waals surface area contributed by atoms with Crippen LogP contribution in [0.4, 0.5) is 11.5 Å². The molecule has 0 radical (unpaired) electrons. The Morgan fingerprint density at radius 3 is 2.38 bits per heavy atom. The van der Waals surface area contributed by atoms with Crippen LogP contribution in [0.3, 0.4) is 0 Å². The number of ketones is 1. The fraction of sp³-hybridized carbons (Fsp3) is 0.333. The number of anilines is 2. The molecule has 0 aliphatic carbocycles. The van der Waals surface area contributed by atoms with Crippen molar-refractivity contribution in [3.05, 3.63) is 54.6 Å². The van der Waals surface area contributed by atoms with E-state index >= 15 is 0 Å². The molecular formula is C18H21Cl2N5O4. The normalized spacial score (nSPS) is 12.1. The molecule has 11 heteroatoms. The molecule has 0 aliphatic rings. The number of amides is 1. The van der Waals surface area contributed by atoms with Crippen LogP contribution in [0.25, 0.3) is 0 Å². The van der Waals surface area contributed by atoms with Crippen molar-refractivity contribution in [2.24, 2.45) is 14.1 Å². The number of Topliss-reactive ketones (excluding diaryl/α,β-unsaturated/α-hetero) is 1. The second-order valence-electron chi connectivity index (χ2n) is 6.60. The van der Waals surface area contributed by atoms with Gasteiger partial charge >= 0.3 is 5.69 Å². The molecule has 1 heterocycles. The van der Waals surface area contributed by atoms with Gasteiger partial charge in [-0.1, -0.05) is 23.2 Å². The van der Waals surface area contributed by atoms with Crippen molar-refractivity contribution in [1.29, 1.82) is 0 Å². The number of nitrogen functional groups attached to an aromatic ring is 1. The number of likely N-dealkylation sites (N-methyl/N-ethyl adjacent to an activating group) is 1. The van der Waals surface area contributed by atoms with E-state index in [0.717, 1.165) is 9.13 Å². The molecule has 0 saturated heterocycles. The number of hydrogen-bond acceptors (Lipinski definition) is 6. The first-order valence-electron chi connectivity index (χ1n) is 8.50. The maximum Gasteiger partial charge on any atom is 0.332 e. The van der Waals surface area contributed by atoms with E-state index in [9.17, 15) is 19.2 Å². The molecule has 9 nitrogen and oxygen atoms in total. The zero-order chi connectivity index (χ0) is 22.0. The monoisotopic (exact) mass is 441 g/mol. The van der Waals surface area contributed by atoms with Crippen molar-refractivity contribution in [3.8, 4) is 0 Å². The highest BCUT2D eigenvalue weighted by Gasteiger charge is 2.27. The number of nitrogens with zero attached hydrogens (tertiary/aromatic N) is 3. The molecule has 1 atom stereocenters. The van der Waals surface area contributed by atoms with Crippen molar-refractivity contribution in [2.75, 3.05) is 24.6 Å². The molecule has 0 bridgehead atoms. The Balaban J connectivity index is 2.18. The molecule has 2 rings (SSSR count). The van der Waals surface area contributed by atoms with Gasteiger partial charge in [-0.3, -0.25) is 28.4 Å². The third kappa shape index (κ3) is 4.69. The van der Waals surface area contributed by atoms with Gasteiger partial charge in [0.25, 0.3) is 5.56 Å². The van der Waals surface area contributed by atoms with Crippen molar-refractivity contribution >= 4 is 46.4 Å². The maximum absolute atomic E-state index is 12.9. The van der Waals surface area contributed by atoms with Crippen LogP contribution in [0.1, 0.15) is 17.3 Å². The molecule has 0 saturated carbocycles. The largest absolute Gasteiger partial charge is 0.384 e. The number of carbonyl (C=O) groups is 2. The number of halogens is 2. The summed E-state index contributed by atoms with van der Waals surface area (Å²) in [6.45, 7) is 1.40. The van der Waals surface area contributed by atoms with E-state index in [1.54, 1.807) is 26.1 Å². The lowest BCUT2D eigenvalue weighted by Gasteiger charge is -2.23. The van der Waals surface area contributed by atoms with Crippen molar-refractivity contribution in [3.63, 3.8) is 0 Å². The van der Waals surface area contributed by atoms with Gasteiger partial charge < -0.3 is 11.1 Å². The molecule has 29 heavy (non-hydrogen) atoms. The lowest BCUT2D eigenvalue weighted by Crippen LogP contribution is -2.46. The van der Waals surface area contributed by atoms with Crippen molar-refractivity contribution < 1.29 is 9.59 Å². The van der Waals surface area contributed by atoms with E-state index in [1.165, 1.54) is 25.1 Å². The summed E-state index contributed by atoms with van der Waals surface area (Å²) in [4.78, 5) is 50.9. The van der Waals surface area contributed by atoms with Gasteiger partial charge in [0, 0.05) is 19.8 Å². The number of benzene rings is 1.